The molecule has 144 valence electrons. The number of cyclic esters (lactones) is 2. The lowest BCUT2D eigenvalue weighted by Crippen LogP contribution is -2.50. The quantitative estimate of drug-likeness (QED) is 0.581. The Labute approximate surface area is 157 Å². The Bertz CT molecular complexity index is 576. The van der Waals surface area contributed by atoms with E-state index in [4.69, 9.17) is 9.47 Å². The van der Waals surface area contributed by atoms with Gasteiger partial charge in [0.2, 0.25) is 0 Å². The summed E-state index contributed by atoms with van der Waals surface area (Å²) < 4.78 is 11.8. The molecule has 2 unspecified atom stereocenters. The van der Waals surface area contributed by atoms with Gasteiger partial charge in [-0.2, -0.15) is 0 Å². The molecule has 1 aliphatic heterocycles. The third-order valence-corrected chi connectivity index (χ3v) is 5.20. The van der Waals surface area contributed by atoms with Crippen molar-refractivity contribution in [3.05, 3.63) is 35.9 Å². The average molecular weight is 360 g/mol. The van der Waals surface area contributed by atoms with E-state index >= 15 is 0 Å². The second-order valence-corrected chi connectivity index (χ2v) is 8.35. The van der Waals surface area contributed by atoms with Gasteiger partial charge in [0.05, 0.1) is 0 Å². The largest absolute Gasteiger partial charge is 0.461 e. The lowest BCUT2D eigenvalue weighted by molar-refractivity contribution is -0.192. The van der Waals surface area contributed by atoms with Crippen LogP contribution >= 0.6 is 0 Å². The van der Waals surface area contributed by atoms with E-state index in [1.807, 2.05) is 30.3 Å². The highest BCUT2D eigenvalue weighted by Crippen LogP contribution is 2.35. The SMILES string of the molecule is CC(C)C1OC(=O)C(Cc2ccccc2)C(=O)OC(C(C)C)C1C(C)C. The molecule has 26 heavy (non-hydrogen) atoms. The van der Waals surface area contributed by atoms with Crippen molar-refractivity contribution in [2.45, 2.75) is 60.2 Å². The van der Waals surface area contributed by atoms with Crippen LogP contribution in [-0.2, 0) is 25.5 Å². The summed E-state index contributed by atoms with van der Waals surface area (Å²) in [7, 11) is 0. The van der Waals surface area contributed by atoms with Gasteiger partial charge in [0.15, 0.2) is 5.92 Å². The minimum atomic E-state index is -0.909. The molecule has 1 fully saturated rings. The Hall–Kier alpha value is -1.84. The molecule has 2 rings (SSSR count). The molecule has 4 nitrogen and oxygen atoms in total. The van der Waals surface area contributed by atoms with Crippen LogP contribution in [-0.4, -0.2) is 24.1 Å². The van der Waals surface area contributed by atoms with Gasteiger partial charge in [-0.1, -0.05) is 71.9 Å². The summed E-state index contributed by atoms with van der Waals surface area (Å²) in [5.41, 5.74) is 0.926. The van der Waals surface area contributed by atoms with Crippen LogP contribution in [0.2, 0.25) is 0 Å². The van der Waals surface area contributed by atoms with E-state index in [0.717, 1.165) is 5.56 Å². The number of carbonyl (C=O) groups is 2. The molecule has 1 heterocycles. The molecule has 0 N–H and O–H groups in total. The zero-order valence-corrected chi connectivity index (χ0v) is 16.8. The first-order valence-corrected chi connectivity index (χ1v) is 9.67. The van der Waals surface area contributed by atoms with Crippen LogP contribution in [0.4, 0.5) is 0 Å². The summed E-state index contributed by atoms with van der Waals surface area (Å²) in [5.74, 6) is -1.31. The summed E-state index contributed by atoms with van der Waals surface area (Å²) >= 11 is 0. The Balaban J connectivity index is 2.36. The summed E-state index contributed by atoms with van der Waals surface area (Å²) in [6, 6.07) is 9.54. The summed E-state index contributed by atoms with van der Waals surface area (Å²) in [4.78, 5) is 25.6. The molecular formula is C22H32O4. The van der Waals surface area contributed by atoms with Crippen LogP contribution in [0, 0.1) is 29.6 Å². The molecule has 0 spiro atoms. The molecule has 4 heteroatoms. The highest BCUT2D eigenvalue weighted by Gasteiger charge is 2.45. The lowest BCUT2D eigenvalue weighted by atomic mass is 9.76. The molecule has 0 saturated carbocycles. The van der Waals surface area contributed by atoms with Gasteiger partial charge in [-0.3, -0.25) is 9.59 Å². The van der Waals surface area contributed by atoms with Crippen LogP contribution in [0.3, 0.4) is 0 Å². The maximum atomic E-state index is 12.8. The second-order valence-electron chi connectivity index (χ2n) is 8.35. The molecule has 0 radical (unpaired) electrons. The molecule has 0 aliphatic carbocycles. The van der Waals surface area contributed by atoms with Crippen molar-refractivity contribution in [2.24, 2.45) is 29.6 Å². The Morgan fingerprint density at radius 2 is 1.23 bits per heavy atom. The van der Waals surface area contributed by atoms with Crippen molar-refractivity contribution in [3.8, 4) is 0 Å². The maximum Gasteiger partial charge on any atom is 0.320 e. The monoisotopic (exact) mass is 360 g/mol. The van der Waals surface area contributed by atoms with E-state index in [9.17, 15) is 9.59 Å². The van der Waals surface area contributed by atoms with Crippen molar-refractivity contribution < 1.29 is 19.1 Å². The van der Waals surface area contributed by atoms with Gasteiger partial charge in [-0.25, -0.2) is 0 Å². The van der Waals surface area contributed by atoms with Crippen molar-refractivity contribution >= 4 is 11.9 Å². The smallest absolute Gasteiger partial charge is 0.320 e. The third-order valence-electron chi connectivity index (χ3n) is 5.20. The number of hydrogen-bond acceptors (Lipinski definition) is 4. The zero-order chi connectivity index (χ0) is 19.4. The Morgan fingerprint density at radius 1 is 0.769 bits per heavy atom. The predicted octanol–water partition coefficient (Wildman–Crippen LogP) is 4.27. The zero-order valence-electron chi connectivity index (χ0n) is 16.8. The molecule has 1 aromatic rings. The highest BCUT2D eigenvalue weighted by molar-refractivity contribution is 5.95. The maximum absolute atomic E-state index is 12.8. The topological polar surface area (TPSA) is 52.6 Å². The number of esters is 2. The Kier molecular flexibility index (Phi) is 6.85. The van der Waals surface area contributed by atoms with E-state index in [0.29, 0.717) is 6.42 Å². The summed E-state index contributed by atoms with van der Waals surface area (Å²) in [6.07, 6.45) is -0.219. The number of rotatable bonds is 5. The fourth-order valence-corrected chi connectivity index (χ4v) is 3.81. The van der Waals surface area contributed by atoms with Crippen molar-refractivity contribution in [1.82, 2.24) is 0 Å². The minimum absolute atomic E-state index is 0.0134. The first-order valence-electron chi connectivity index (χ1n) is 9.67. The van der Waals surface area contributed by atoms with Crippen LogP contribution in [0.5, 0.6) is 0 Å². The summed E-state index contributed by atoms with van der Waals surface area (Å²) in [5, 5.41) is 0. The number of ether oxygens (including phenoxy) is 2. The standard InChI is InChI=1S/C22H32O4/c1-13(2)18-19(14(3)4)25-21(23)17(12-16-10-8-7-9-11-16)22(24)26-20(18)15(5)6/h7-11,13-15,17-20H,12H2,1-6H3. The van der Waals surface area contributed by atoms with E-state index in [-0.39, 0.29) is 35.9 Å². The number of benzene rings is 1. The van der Waals surface area contributed by atoms with Crippen LogP contribution in [0.25, 0.3) is 0 Å². The van der Waals surface area contributed by atoms with Crippen molar-refractivity contribution in [3.63, 3.8) is 0 Å². The molecule has 0 bridgehead atoms. The average Bonchev–Trinajstić information content (AvgIpc) is 2.57. The fraction of sp³-hybridized carbons (Fsp3) is 0.636. The molecule has 0 amide bonds. The summed E-state index contributed by atoms with van der Waals surface area (Å²) in [6.45, 7) is 12.4. The highest BCUT2D eigenvalue weighted by atomic mass is 16.6. The number of hydrogen-bond donors (Lipinski definition) is 0. The van der Waals surface area contributed by atoms with Gasteiger partial charge < -0.3 is 9.47 Å². The van der Waals surface area contributed by atoms with E-state index in [1.165, 1.54) is 0 Å². The molecular weight excluding hydrogens is 328 g/mol. The van der Waals surface area contributed by atoms with E-state index in [1.54, 1.807) is 0 Å². The van der Waals surface area contributed by atoms with Crippen molar-refractivity contribution in [2.75, 3.05) is 0 Å². The van der Waals surface area contributed by atoms with Gasteiger partial charge in [-0.05, 0) is 29.7 Å². The van der Waals surface area contributed by atoms with Crippen LogP contribution < -0.4 is 0 Å². The Morgan fingerprint density at radius 3 is 1.62 bits per heavy atom. The van der Waals surface area contributed by atoms with E-state index in [2.05, 4.69) is 41.5 Å². The van der Waals surface area contributed by atoms with Crippen molar-refractivity contribution in [1.29, 1.82) is 0 Å². The molecule has 0 aromatic heterocycles. The normalized spacial score (nSPS) is 27.3. The third kappa shape index (κ3) is 4.66. The minimum Gasteiger partial charge on any atom is -0.461 e. The van der Waals surface area contributed by atoms with Crippen LogP contribution in [0.15, 0.2) is 30.3 Å². The van der Waals surface area contributed by atoms with Gasteiger partial charge >= 0.3 is 11.9 Å². The van der Waals surface area contributed by atoms with Crippen LogP contribution in [0.1, 0.15) is 47.1 Å². The van der Waals surface area contributed by atoms with E-state index < -0.39 is 17.9 Å². The molecule has 1 aliphatic rings. The van der Waals surface area contributed by atoms with Gasteiger partial charge in [-0.15, -0.1) is 0 Å². The first kappa shape index (κ1) is 20.5. The first-order chi connectivity index (χ1) is 12.2. The lowest BCUT2D eigenvalue weighted by Gasteiger charge is -2.41. The number of carbonyl (C=O) groups excluding carboxylic acids is 2. The molecule has 1 saturated heterocycles. The molecule has 2 atom stereocenters. The van der Waals surface area contributed by atoms with Gasteiger partial charge in [0, 0.05) is 5.92 Å². The van der Waals surface area contributed by atoms with Gasteiger partial charge in [0.25, 0.3) is 0 Å². The molecule has 1 aromatic carbocycles. The predicted molar refractivity (Wildman–Crippen MR) is 101 cm³/mol. The van der Waals surface area contributed by atoms with Gasteiger partial charge in [0.1, 0.15) is 12.2 Å². The fourth-order valence-electron chi connectivity index (χ4n) is 3.81. The second kappa shape index (κ2) is 8.70.